The molecule has 0 saturated heterocycles. The molecule has 3 nitrogen and oxygen atoms in total. The monoisotopic (exact) mass is 297 g/mol. The zero-order valence-electron chi connectivity index (χ0n) is 9.12. The minimum absolute atomic E-state index is 0.784. The largest absolute Gasteiger partial charge is 0.365 e. The Morgan fingerprint density at radius 2 is 2.19 bits per heavy atom. The average molecular weight is 298 g/mol. The fraction of sp³-hybridized carbons (Fsp3) is 0.273. The lowest BCUT2D eigenvalue weighted by atomic mass is 10.3. The van der Waals surface area contributed by atoms with Crippen LogP contribution in [0.15, 0.2) is 22.2 Å². The topological polar surface area (TPSA) is 37.8 Å². The summed E-state index contributed by atoms with van der Waals surface area (Å²) in [4.78, 5) is 9.80. The van der Waals surface area contributed by atoms with Crippen molar-refractivity contribution in [3.63, 3.8) is 0 Å². The maximum absolute atomic E-state index is 4.33. The lowest BCUT2D eigenvalue weighted by Crippen LogP contribution is -2.02. The van der Waals surface area contributed by atoms with Gasteiger partial charge in [0, 0.05) is 15.5 Å². The molecular weight excluding hydrogens is 286 g/mol. The first kappa shape index (κ1) is 11.5. The number of aromatic nitrogens is 2. The molecular formula is C11H12BrN3S. The van der Waals surface area contributed by atoms with Gasteiger partial charge in [0.05, 0.1) is 17.7 Å². The fourth-order valence-corrected chi connectivity index (χ4v) is 2.55. The van der Waals surface area contributed by atoms with E-state index in [2.05, 4.69) is 37.3 Å². The van der Waals surface area contributed by atoms with Crippen LogP contribution in [0.25, 0.3) is 0 Å². The van der Waals surface area contributed by atoms with E-state index in [9.17, 15) is 0 Å². The van der Waals surface area contributed by atoms with Gasteiger partial charge in [0.15, 0.2) is 0 Å². The number of pyridine rings is 1. The van der Waals surface area contributed by atoms with E-state index in [4.69, 9.17) is 0 Å². The number of hydrogen-bond donors (Lipinski definition) is 1. The second-order valence-electron chi connectivity index (χ2n) is 3.53. The van der Waals surface area contributed by atoms with Gasteiger partial charge in [-0.05, 0) is 41.4 Å². The fourth-order valence-electron chi connectivity index (χ4n) is 1.39. The summed E-state index contributed by atoms with van der Waals surface area (Å²) in [5.41, 5.74) is 4.10. The maximum atomic E-state index is 4.33. The molecule has 2 aromatic heterocycles. The highest BCUT2D eigenvalue weighted by molar-refractivity contribution is 9.10. The molecule has 0 aliphatic heterocycles. The Hall–Kier alpha value is -0.940. The number of aryl methyl sites for hydroxylation is 2. The molecule has 2 heterocycles. The average Bonchev–Trinajstić information content (AvgIpc) is 2.63. The molecule has 0 bridgehead atoms. The predicted molar refractivity (Wildman–Crippen MR) is 70.9 cm³/mol. The van der Waals surface area contributed by atoms with Crippen molar-refractivity contribution in [1.29, 1.82) is 0 Å². The third-order valence-electron chi connectivity index (χ3n) is 2.31. The number of rotatable bonds is 3. The van der Waals surface area contributed by atoms with Crippen molar-refractivity contribution in [1.82, 2.24) is 9.97 Å². The molecule has 5 heteroatoms. The second kappa shape index (κ2) is 4.93. The zero-order chi connectivity index (χ0) is 11.5. The Morgan fingerprint density at radius 1 is 1.38 bits per heavy atom. The molecule has 16 heavy (non-hydrogen) atoms. The number of halogens is 1. The Labute approximate surface area is 107 Å². The molecule has 2 aromatic rings. The highest BCUT2D eigenvalue weighted by atomic mass is 79.9. The molecule has 0 aliphatic rings. The van der Waals surface area contributed by atoms with Crippen LogP contribution in [-0.4, -0.2) is 9.97 Å². The van der Waals surface area contributed by atoms with Gasteiger partial charge in [0.25, 0.3) is 0 Å². The van der Waals surface area contributed by atoms with E-state index >= 15 is 0 Å². The third kappa shape index (κ3) is 2.59. The normalized spacial score (nSPS) is 10.4. The van der Waals surface area contributed by atoms with Crippen molar-refractivity contribution in [2.75, 3.05) is 5.32 Å². The van der Waals surface area contributed by atoms with E-state index in [-0.39, 0.29) is 0 Å². The van der Waals surface area contributed by atoms with Crippen LogP contribution in [0.5, 0.6) is 0 Å². The van der Waals surface area contributed by atoms with Gasteiger partial charge >= 0.3 is 0 Å². The molecule has 0 amide bonds. The molecule has 0 unspecified atom stereocenters. The highest BCUT2D eigenvalue weighted by Crippen LogP contribution is 2.19. The van der Waals surface area contributed by atoms with Crippen LogP contribution in [0.2, 0.25) is 0 Å². The van der Waals surface area contributed by atoms with Crippen LogP contribution in [0.3, 0.4) is 0 Å². The number of nitrogens with one attached hydrogen (secondary N) is 1. The standard InChI is InChI=1S/C11H12BrN3S/c1-7-3-9(12)4-13-11(7)14-5-10-8(2)15-6-16-10/h3-4,6H,5H2,1-2H3,(H,13,14). The lowest BCUT2D eigenvalue weighted by molar-refractivity contribution is 1.08. The quantitative estimate of drug-likeness (QED) is 0.942. The minimum Gasteiger partial charge on any atom is -0.365 e. The second-order valence-corrected chi connectivity index (χ2v) is 5.39. The summed E-state index contributed by atoms with van der Waals surface area (Å²) >= 11 is 5.07. The number of nitrogens with zero attached hydrogens (tertiary/aromatic N) is 2. The first-order chi connectivity index (χ1) is 7.66. The SMILES string of the molecule is Cc1cc(Br)cnc1NCc1scnc1C. The Bertz CT molecular complexity index is 496. The summed E-state index contributed by atoms with van der Waals surface area (Å²) in [6.45, 7) is 4.85. The van der Waals surface area contributed by atoms with Crippen molar-refractivity contribution < 1.29 is 0 Å². The van der Waals surface area contributed by atoms with E-state index in [1.54, 1.807) is 17.5 Å². The Kier molecular flexibility index (Phi) is 3.56. The Balaban J connectivity index is 2.08. The molecule has 0 aliphatic carbocycles. The van der Waals surface area contributed by atoms with Crippen LogP contribution >= 0.6 is 27.3 Å². The van der Waals surface area contributed by atoms with Crippen molar-refractivity contribution in [2.45, 2.75) is 20.4 Å². The summed E-state index contributed by atoms with van der Waals surface area (Å²) in [6, 6.07) is 2.05. The summed E-state index contributed by atoms with van der Waals surface area (Å²) < 4.78 is 1.00. The van der Waals surface area contributed by atoms with Gasteiger partial charge in [0.2, 0.25) is 0 Å². The number of hydrogen-bond acceptors (Lipinski definition) is 4. The summed E-state index contributed by atoms with van der Waals surface area (Å²) in [5, 5.41) is 3.32. The van der Waals surface area contributed by atoms with Gasteiger partial charge in [-0.1, -0.05) is 0 Å². The van der Waals surface area contributed by atoms with E-state index < -0.39 is 0 Å². The minimum atomic E-state index is 0.784. The van der Waals surface area contributed by atoms with Gasteiger partial charge in [-0.3, -0.25) is 0 Å². The molecule has 0 saturated carbocycles. The molecule has 0 aromatic carbocycles. The lowest BCUT2D eigenvalue weighted by Gasteiger charge is -2.07. The van der Waals surface area contributed by atoms with Gasteiger partial charge in [0.1, 0.15) is 5.82 Å². The van der Waals surface area contributed by atoms with Gasteiger partial charge in [-0.25, -0.2) is 9.97 Å². The van der Waals surface area contributed by atoms with Crippen molar-refractivity contribution in [2.24, 2.45) is 0 Å². The van der Waals surface area contributed by atoms with Crippen LogP contribution in [-0.2, 0) is 6.54 Å². The molecule has 84 valence electrons. The molecule has 1 N–H and O–H groups in total. The smallest absolute Gasteiger partial charge is 0.129 e. The van der Waals surface area contributed by atoms with E-state index in [0.29, 0.717) is 0 Å². The molecule has 0 atom stereocenters. The molecule has 0 radical (unpaired) electrons. The van der Waals surface area contributed by atoms with Crippen molar-refractivity contribution in [3.8, 4) is 0 Å². The molecule has 2 rings (SSSR count). The van der Waals surface area contributed by atoms with E-state index in [1.807, 2.05) is 19.4 Å². The number of anilines is 1. The highest BCUT2D eigenvalue weighted by Gasteiger charge is 2.03. The van der Waals surface area contributed by atoms with Crippen molar-refractivity contribution >= 4 is 33.1 Å². The maximum Gasteiger partial charge on any atom is 0.129 e. The Morgan fingerprint density at radius 3 is 2.81 bits per heavy atom. The summed E-state index contributed by atoms with van der Waals surface area (Å²) in [6.07, 6.45) is 1.80. The molecule has 0 fully saturated rings. The number of thiazole rings is 1. The van der Waals surface area contributed by atoms with Crippen LogP contribution < -0.4 is 5.32 Å². The van der Waals surface area contributed by atoms with Crippen LogP contribution in [0.4, 0.5) is 5.82 Å². The van der Waals surface area contributed by atoms with E-state index in [0.717, 1.165) is 28.1 Å². The zero-order valence-corrected chi connectivity index (χ0v) is 11.5. The van der Waals surface area contributed by atoms with E-state index in [1.165, 1.54) is 4.88 Å². The van der Waals surface area contributed by atoms with Crippen LogP contribution in [0, 0.1) is 13.8 Å². The van der Waals surface area contributed by atoms with Gasteiger partial charge in [-0.15, -0.1) is 11.3 Å². The first-order valence-electron chi connectivity index (χ1n) is 4.92. The van der Waals surface area contributed by atoms with Gasteiger partial charge in [-0.2, -0.15) is 0 Å². The summed E-state index contributed by atoms with van der Waals surface area (Å²) in [5.74, 6) is 0.927. The van der Waals surface area contributed by atoms with Crippen molar-refractivity contribution in [3.05, 3.63) is 38.4 Å². The first-order valence-corrected chi connectivity index (χ1v) is 6.59. The summed E-state index contributed by atoms with van der Waals surface area (Å²) in [7, 11) is 0. The van der Waals surface area contributed by atoms with Gasteiger partial charge < -0.3 is 5.32 Å². The predicted octanol–water partition coefficient (Wildman–Crippen LogP) is 3.53. The van der Waals surface area contributed by atoms with Crippen LogP contribution in [0.1, 0.15) is 16.1 Å². The molecule has 0 spiro atoms. The third-order valence-corrected chi connectivity index (χ3v) is 3.67.